The van der Waals surface area contributed by atoms with E-state index < -0.39 is 0 Å². The summed E-state index contributed by atoms with van der Waals surface area (Å²) in [6, 6.07) is 2.07. The van der Waals surface area contributed by atoms with E-state index in [9.17, 15) is 4.79 Å². The number of anilines is 2. The smallest absolute Gasteiger partial charge is 0.255 e. The summed E-state index contributed by atoms with van der Waals surface area (Å²) in [5.74, 6) is 0.193. The molecule has 0 saturated carbocycles. The minimum atomic E-state index is -0.129. The van der Waals surface area contributed by atoms with Crippen LogP contribution in [0.5, 0.6) is 0 Å². The monoisotopic (exact) mass is 356 g/mol. The number of hydrogen-bond acceptors (Lipinski definition) is 4. The van der Waals surface area contributed by atoms with Crippen molar-refractivity contribution in [3.63, 3.8) is 0 Å². The van der Waals surface area contributed by atoms with Gasteiger partial charge in [-0.05, 0) is 59.1 Å². The van der Waals surface area contributed by atoms with Gasteiger partial charge in [0.15, 0.2) is 0 Å². The number of pyridine rings is 1. The van der Waals surface area contributed by atoms with Crippen molar-refractivity contribution in [2.75, 3.05) is 11.1 Å². The molecule has 0 radical (unpaired) electrons. The Balaban J connectivity index is 2.33. The lowest BCUT2D eigenvalue weighted by Crippen LogP contribution is -2.46. The van der Waals surface area contributed by atoms with Gasteiger partial charge in [0.1, 0.15) is 0 Å². The van der Waals surface area contributed by atoms with Crippen LogP contribution in [0.4, 0.5) is 11.4 Å². The predicted octanol–water partition coefficient (Wildman–Crippen LogP) is 4.27. The summed E-state index contributed by atoms with van der Waals surface area (Å²) in [4.78, 5) is 19.5. The van der Waals surface area contributed by atoms with Crippen molar-refractivity contribution in [2.24, 2.45) is 5.92 Å². The average molecular weight is 357 g/mol. The highest BCUT2D eigenvalue weighted by Crippen LogP contribution is 2.32. The number of nitrogens with two attached hydrogens (primary N) is 1. The highest BCUT2D eigenvalue weighted by molar-refractivity contribution is 6.06. The lowest BCUT2D eigenvalue weighted by Gasteiger charge is -2.44. The molecule has 0 aliphatic carbocycles. The molecule has 1 amide bonds. The van der Waals surface area contributed by atoms with Crippen molar-refractivity contribution in [2.45, 2.75) is 66.5 Å². The second-order valence-electron chi connectivity index (χ2n) is 8.36. The summed E-state index contributed by atoms with van der Waals surface area (Å²) in [6.45, 7) is 15.0. The van der Waals surface area contributed by atoms with Crippen molar-refractivity contribution in [3.8, 4) is 0 Å². The van der Waals surface area contributed by atoms with E-state index in [0.29, 0.717) is 28.9 Å². The molecule has 2 rings (SSSR count). The van der Waals surface area contributed by atoms with E-state index in [1.165, 1.54) is 5.70 Å². The van der Waals surface area contributed by atoms with Crippen LogP contribution in [0.15, 0.2) is 35.7 Å². The van der Waals surface area contributed by atoms with E-state index in [4.69, 9.17) is 5.73 Å². The topological polar surface area (TPSA) is 71.2 Å². The maximum atomic E-state index is 12.8. The summed E-state index contributed by atoms with van der Waals surface area (Å²) < 4.78 is 0. The summed E-state index contributed by atoms with van der Waals surface area (Å²) in [5, 5.41) is 2.92. The van der Waals surface area contributed by atoms with Crippen molar-refractivity contribution >= 4 is 17.3 Å². The first-order valence-electron chi connectivity index (χ1n) is 9.25. The van der Waals surface area contributed by atoms with Crippen LogP contribution < -0.4 is 11.1 Å². The minimum Gasteiger partial charge on any atom is -0.397 e. The zero-order valence-electron chi connectivity index (χ0n) is 17.1. The molecule has 0 bridgehead atoms. The SMILES string of the molecule is Cc1ncc(NC(=O)C2=CCC(C)N(C(C)(C)C)C(C(C)C)=C2)cc1N. The molecule has 5 nitrogen and oxygen atoms in total. The van der Waals surface area contributed by atoms with Gasteiger partial charge in [0.25, 0.3) is 5.91 Å². The molecular weight excluding hydrogens is 324 g/mol. The molecule has 3 N–H and O–H groups in total. The molecule has 26 heavy (non-hydrogen) atoms. The first-order valence-corrected chi connectivity index (χ1v) is 9.25. The third-order valence-corrected chi connectivity index (χ3v) is 4.66. The van der Waals surface area contributed by atoms with Gasteiger partial charge in [-0.2, -0.15) is 0 Å². The van der Waals surface area contributed by atoms with Gasteiger partial charge in [-0.15, -0.1) is 0 Å². The maximum Gasteiger partial charge on any atom is 0.255 e. The van der Waals surface area contributed by atoms with Crippen LogP contribution in [-0.2, 0) is 4.79 Å². The number of aromatic nitrogens is 1. The fourth-order valence-electron chi connectivity index (χ4n) is 3.42. The molecule has 1 unspecified atom stereocenters. The van der Waals surface area contributed by atoms with Crippen LogP contribution in [0.25, 0.3) is 0 Å². The normalized spacial score (nSPS) is 18.3. The highest BCUT2D eigenvalue weighted by atomic mass is 16.1. The zero-order chi connectivity index (χ0) is 19.6. The number of nitrogen functional groups attached to an aromatic ring is 1. The Hall–Kier alpha value is -2.30. The average Bonchev–Trinajstić information content (AvgIpc) is 2.70. The van der Waals surface area contributed by atoms with E-state index in [1.807, 2.05) is 19.1 Å². The van der Waals surface area contributed by atoms with Crippen LogP contribution >= 0.6 is 0 Å². The fraction of sp³-hybridized carbons (Fsp3) is 0.524. The Labute approximate surface area is 157 Å². The van der Waals surface area contributed by atoms with Gasteiger partial charge in [0.2, 0.25) is 0 Å². The Morgan fingerprint density at radius 1 is 1.38 bits per heavy atom. The van der Waals surface area contributed by atoms with Crippen LogP contribution in [-0.4, -0.2) is 27.4 Å². The molecule has 1 aliphatic rings. The summed E-state index contributed by atoms with van der Waals surface area (Å²) >= 11 is 0. The Bertz CT molecular complexity index is 741. The highest BCUT2D eigenvalue weighted by Gasteiger charge is 2.31. The number of carbonyl (C=O) groups excluding carboxylic acids is 1. The summed E-state index contributed by atoms with van der Waals surface area (Å²) in [6.07, 6.45) is 6.51. The number of hydrogen-bond donors (Lipinski definition) is 2. The van der Waals surface area contributed by atoms with Gasteiger partial charge in [-0.1, -0.05) is 19.9 Å². The molecule has 1 atom stereocenters. The van der Waals surface area contributed by atoms with Gasteiger partial charge in [-0.25, -0.2) is 0 Å². The standard InChI is InChI=1S/C21H32N4O/c1-13(2)19-10-16(9-8-14(3)25(19)21(5,6)7)20(26)24-17-11-18(22)15(4)23-12-17/h9-14H,8,22H2,1-7H3,(H,24,26). The number of allylic oxidation sites excluding steroid dienone is 1. The van der Waals surface area contributed by atoms with E-state index in [1.54, 1.807) is 12.3 Å². The summed E-state index contributed by atoms with van der Waals surface area (Å²) in [5.41, 5.74) is 9.71. The van der Waals surface area contributed by atoms with Crippen molar-refractivity contribution in [3.05, 3.63) is 41.4 Å². The quantitative estimate of drug-likeness (QED) is 0.848. The van der Waals surface area contributed by atoms with Crippen LogP contribution in [0, 0.1) is 12.8 Å². The third kappa shape index (κ3) is 4.45. The second kappa shape index (κ2) is 7.52. The van der Waals surface area contributed by atoms with E-state index in [0.717, 1.165) is 12.1 Å². The predicted molar refractivity (Wildman–Crippen MR) is 109 cm³/mol. The van der Waals surface area contributed by atoms with E-state index in [-0.39, 0.29) is 11.4 Å². The number of nitrogens with one attached hydrogen (secondary N) is 1. The molecule has 1 aliphatic heterocycles. The first kappa shape index (κ1) is 20.0. The number of aryl methyl sites for hydroxylation is 1. The maximum absolute atomic E-state index is 12.8. The minimum absolute atomic E-state index is 0.00931. The number of rotatable bonds is 3. The van der Waals surface area contributed by atoms with Gasteiger partial charge >= 0.3 is 0 Å². The Kier molecular flexibility index (Phi) is 5.79. The molecule has 2 heterocycles. The Morgan fingerprint density at radius 3 is 2.58 bits per heavy atom. The van der Waals surface area contributed by atoms with Crippen LogP contribution in [0.2, 0.25) is 0 Å². The van der Waals surface area contributed by atoms with Crippen molar-refractivity contribution in [1.29, 1.82) is 0 Å². The van der Waals surface area contributed by atoms with Crippen LogP contribution in [0.3, 0.4) is 0 Å². The van der Waals surface area contributed by atoms with Gasteiger partial charge in [0, 0.05) is 22.9 Å². The largest absolute Gasteiger partial charge is 0.397 e. The second-order valence-corrected chi connectivity index (χ2v) is 8.36. The van der Waals surface area contributed by atoms with Gasteiger partial charge < -0.3 is 16.0 Å². The molecule has 1 aromatic heterocycles. The molecular formula is C21H32N4O. The van der Waals surface area contributed by atoms with Crippen molar-refractivity contribution in [1.82, 2.24) is 9.88 Å². The zero-order valence-corrected chi connectivity index (χ0v) is 17.1. The third-order valence-electron chi connectivity index (χ3n) is 4.66. The van der Waals surface area contributed by atoms with E-state index in [2.05, 4.69) is 56.7 Å². The van der Waals surface area contributed by atoms with Gasteiger partial charge in [0.05, 0.1) is 23.3 Å². The fourth-order valence-corrected chi connectivity index (χ4v) is 3.42. The molecule has 0 spiro atoms. The molecule has 5 heteroatoms. The number of carbonyl (C=O) groups is 1. The number of amides is 1. The summed E-state index contributed by atoms with van der Waals surface area (Å²) in [7, 11) is 0. The van der Waals surface area contributed by atoms with Gasteiger partial charge in [-0.3, -0.25) is 9.78 Å². The van der Waals surface area contributed by atoms with Crippen molar-refractivity contribution < 1.29 is 4.79 Å². The molecule has 142 valence electrons. The molecule has 0 saturated heterocycles. The lowest BCUT2D eigenvalue weighted by atomic mass is 9.97. The molecule has 1 aromatic rings. The molecule has 0 fully saturated rings. The molecule has 0 aromatic carbocycles. The lowest BCUT2D eigenvalue weighted by molar-refractivity contribution is -0.112. The Morgan fingerprint density at radius 2 is 2.04 bits per heavy atom. The van der Waals surface area contributed by atoms with Crippen LogP contribution in [0.1, 0.15) is 53.7 Å². The van der Waals surface area contributed by atoms with E-state index >= 15 is 0 Å². The first-order chi connectivity index (χ1) is 12.0. The number of nitrogens with zero attached hydrogens (tertiary/aromatic N) is 2.